The SMILES string of the molecule is CCC(=O)CC.O=[N+]([O-])c1cc([N+](=O)[O-])c(O)c([N+](=O)[O-])c1. The highest BCUT2D eigenvalue weighted by atomic mass is 16.6. The molecule has 0 saturated heterocycles. The maximum atomic E-state index is 10.4. The molecule has 1 aromatic carbocycles. The Morgan fingerprint density at radius 2 is 1.32 bits per heavy atom. The van der Waals surface area contributed by atoms with Gasteiger partial charge in [0, 0.05) is 12.8 Å². The summed E-state index contributed by atoms with van der Waals surface area (Å²) in [4.78, 5) is 37.9. The summed E-state index contributed by atoms with van der Waals surface area (Å²) in [7, 11) is 0. The number of nitro benzene ring substituents is 3. The van der Waals surface area contributed by atoms with Crippen LogP contribution in [0.4, 0.5) is 17.1 Å². The summed E-state index contributed by atoms with van der Waals surface area (Å²) in [5, 5.41) is 40.2. The van der Waals surface area contributed by atoms with Gasteiger partial charge in [-0.1, -0.05) is 13.8 Å². The summed E-state index contributed by atoms with van der Waals surface area (Å²) in [5.41, 5.74) is -3.00. The van der Waals surface area contributed by atoms with Crippen molar-refractivity contribution in [3.63, 3.8) is 0 Å². The number of Topliss-reactive ketones (excluding diaryl/α,β-unsaturated/α-hetero) is 1. The Labute approximate surface area is 123 Å². The third-order valence-corrected chi connectivity index (χ3v) is 2.45. The van der Waals surface area contributed by atoms with Crippen molar-refractivity contribution in [2.45, 2.75) is 26.7 Å². The number of carbonyl (C=O) groups is 1. The first-order valence-corrected chi connectivity index (χ1v) is 5.97. The molecule has 1 N–H and O–H groups in total. The molecular formula is C11H13N3O8. The number of phenolic OH excluding ortho intramolecular Hbond substituents is 1. The summed E-state index contributed by atoms with van der Waals surface area (Å²) >= 11 is 0. The van der Waals surface area contributed by atoms with Gasteiger partial charge in [-0.2, -0.15) is 0 Å². The Hall–Kier alpha value is -3.11. The highest BCUT2D eigenvalue weighted by molar-refractivity contribution is 5.77. The van der Waals surface area contributed by atoms with Crippen LogP contribution in [0.5, 0.6) is 5.75 Å². The molecule has 0 aliphatic heterocycles. The van der Waals surface area contributed by atoms with E-state index in [4.69, 9.17) is 5.11 Å². The minimum atomic E-state index is -1.21. The molecule has 0 radical (unpaired) electrons. The highest BCUT2D eigenvalue weighted by Crippen LogP contribution is 2.38. The average Bonchev–Trinajstić information content (AvgIpc) is 2.46. The third-order valence-electron chi connectivity index (χ3n) is 2.45. The van der Waals surface area contributed by atoms with Crippen molar-refractivity contribution < 1.29 is 24.7 Å². The number of ketones is 1. The second-order valence-corrected chi connectivity index (χ2v) is 3.85. The van der Waals surface area contributed by atoms with E-state index in [0.717, 1.165) is 0 Å². The zero-order valence-electron chi connectivity index (χ0n) is 11.7. The van der Waals surface area contributed by atoms with Crippen molar-refractivity contribution in [3.8, 4) is 5.75 Å². The van der Waals surface area contributed by atoms with Gasteiger partial charge in [-0.25, -0.2) is 0 Å². The molecule has 0 unspecified atom stereocenters. The van der Waals surface area contributed by atoms with Crippen LogP contribution in [0.25, 0.3) is 0 Å². The summed E-state index contributed by atoms with van der Waals surface area (Å²) in [6, 6.07) is 0.894. The molecule has 0 saturated carbocycles. The Kier molecular flexibility index (Phi) is 7.07. The van der Waals surface area contributed by atoms with Crippen LogP contribution in [0, 0.1) is 30.3 Å². The summed E-state index contributed by atoms with van der Waals surface area (Å²) in [6.07, 6.45) is 1.38. The molecule has 1 aromatic rings. The van der Waals surface area contributed by atoms with Gasteiger partial charge in [-0.15, -0.1) is 0 Å². The van der Waals surface area contributed by atoms with Crippen molar-refractivity contribution in [1.29, 1.82) is 0 Å². The summed E-state index contributed by atoms with van der Waals surface area (Å²) in [5.74, 6) is -0.865. The van der Waals surface area contributed by atoms with Crippen molar-refractivity contribution >= 4 is 22.8 Å². The van der Waals surface area contributed by atoms with E-state index in [0.29, 0.717) is 30.8 Å². The summed E-state index contributed by atoms with van der Waals surface area (Å²) in [6.45, 7) is 3.76. The number of aromatic hydroxyl groups is 1. The fourth-order valence-electron chi connectivity index (χ4n) is 1.22. The molecule has 1 rings (SSSR count). The first-order chi connectivity index (χ1) is 10.1. The third kappa shape index (κ3) is 5.11. The maximum Gasteiger partial charge on any atom is 0.324 e. The van der Waals surface area contributed by atoms with Gasteiger partial charge in [-0.05, 0) is 0 Å². The molecular weight excluding hydrogens is 302 g/mol. The molecule has 22 heavy (non-hydrogen) atoms. The molecule has 0 atom stereocenters. The Balaban J connectivity index is 0.000000626. The van der Waals surface area contributed by atoms with E-state index in [-0.39, 0.29) is 0 Å². The molecule has 11 heteroatoms. The largest absolute Gasteiger partial charge is 0.497 e. The Morgan fingerprint density at radius 3 is 1.50 bits per heavy atom. The van der Waals surface area contributed by atoms with E-state index in [1.165, 1.54) is 0 Å². The number of non-ortho nitro benzene ring substituents is 1. The van der Waals surface area contributed by atoms with Crippen LogP contribution in [-0.2, 0) is 4.79 Å². The molecule has 0 heterocycles. The molecule has 0 aliphatic rings. The molecule has 11 nitrogen and oxygen atoms in total. The predicted octanol–water partition coefficient (Wildman–Crippen LogP) is 2.49. The topological polar surface area (TPSA) is 167 Å². The van der Waals surface area contributed by atoms with Crippen LogP contribution in [0.1, 0.15) is 26.7 Å². The lowest BCUT2D eigenvalue weighted by Gasteiger charge is -1.97. The van der Waals surface area contributed by atoms with Crippen LogP contribution in [0.3, 0.4) is 0 Å². The van der Waals surface area contributed by atoms with E-state index < -0.39 is 37.6 Å². The maximum absolute atomic E-state index is 10.4. The second kappa shape index (κ2) is 8.24. The zero-order valence-corrected chi connectivity index (χ0v) is 11.7. The number of benzene rings is 1. The van der Waals surface area contributed by atoms with Crippen LogP contribution in [0.15, 0.2) is 12.1 Å². The number of carbonyl (C=O) groups excluding carboxylic acids is 1. The van der Waals surface area contributed by atoms with Gasteiger partial charge in [0.1, 0.15) is 5.78 Å². The standard InChI is InChI=1S/C6H3N3O7.C5H10O/c10-6-4(8(13)14)1-3(7(11)12)2-5(6)9(15)16;1-3-5(6)4-2/h1-2,10H;3-4H2,1-2H3. The first-order valence-electron chi connectivity index (χ1n) is 5.97. The lowest BCUT2D eigenvalue weighted by Crippen LogP contribution is -1.97. The van der Waals surface area contributed by atoms with Gasteiger partial charge in [0.05, 0.1) is 26.9 Å². The van der Waals surface area contributed by atoms with E-state index in [2.05, 4.69) is 0 Å². The van der Waals surface area contributed by atoms with Gasteiger partial charge >= 0.3 is 11.4 Å². The van der Waals surface area contributed by atoms with Gasteiger partial charge in [0.2, 0.25) is 0 Å². The number of nitrogens with zero attached hydrogens (tertiary/aromatic N) is 3. The fourth-order valence-corrected chi connectivity index (χ4v) is 1.22. The van der Waals surface area contributed by atoms with Crippen LogP contribution >= 0.6 is 0 Å². The van der Waals surface area contributed by atoms with Crippen molar-refractivity contribution in [1.82, 2.24) is 0 Å². The highest BCUT2D eigenvalue weighted by Gasteiger charge is 2.30. The average molecular weight is 315 g/mol. The molecule has 0 amide bonds. The number of hydrogen-bond acceptors (Lipinski definition) is 8. The Morgan fingerprint density at radius 1 is 0.955 bits per heavy atom. The quantitative estimate of drug-likeness (QED) is 0.638. The molecule has 0 bridgehead atoms. The molecule has 120 valence electrons. The summed E-state index contributed by atoms with van der Waals surface area (Å²) < 4.78 is 0. The zero-order chi connectivity index (χ0) is 17.4. The van der Waals surface area contributed by atoms with Gasteiger partial charge < -0.3 is 5.11 Å². The fraction of sp³-hybridized carbons (Fsp3) is 0.364. The molecule has 0 aromatic heterocycles. The predicted molar refractivity (Wildman–Crippen MR) is 73.7 cm³/mol. The number of phenols is 1. The van der Waals surface area contributed by atoms with Gasteiger partial charge in [0.25, 0.3) is 11.4 Å². The van der Waals surface area contributed by atoms with E-state index in [1.54, 1.807) is 0 Å². The Bertz CT molecular complexity index is 572. The van der Waals surface area contributed by atoms with E-state index >= 15 is 0 Å². The smallest absolute Gasteiger partial charge is 0.324 e. The lowest BCUT2D eigenvalue weighted by atomic mass is 10.2. The second-order valence-electron chi connectivity index (χ2n) is 3.85. The van der Waals surface area contributed by atoms with Crippen molar-refractivity contribution in [2.75, 3.05) is 0 Å². The minimum Gasteiger partial charge on any atom is -0.497 e. The van der Waals surface area contributed by atoms with Crippen LogP contribution in [0.2, 0.25) is 0 Å². The minimum absolute atomic E-state index is 0.343. The van der Waals surface area contributed by atoms with E-state index in [9.17, 15) is 35.1 Å². The monoisotopic (exact) mass is 315 g/mol. The number of nitro groups is 3. The molecule has 0 aliphatic carbocycles. The molecule has 0 fully saturated rings. The normalized spacial score (nSPS) is 9.36. The van der Waals surface area contributed by atoms with Gasteiger partial charge in [0.15, 0.2) is 0 Å². The van der Waals surface area contributed by atoms with Crippen molar-refractivity contribution in [3.05, 3.63) is 42.5 Å². The number of hydrogen-bond donors (Lipinski definition) is 1. The van der Waals surface area contributed by atoms with E-state index in [1.807, 2.05) is 13.8 Å². The van der Waals surface area contributed by atoms with Gasteiger partial charge in [-0.3, -0.25) is 35.1 Å². The molecule has 0 spiro atoms. The van der Waals surface area contributed by atoms with Crippen molar-refractivity contribution in [2.24, 2.45) is 0 Å². The number of rotatable bonds is 5. The lowest BCUT2D eigenvalue weighted by molar-refractivity contribution is -0.404. The first kappa shape index (κ1) is 18.9. The van der Waals surface area contributed by atoms with Crippen LogP contribution < -0.4 is 0 Å². The van der Waals surface area contributed by atoms with Crippen LogP contribution in [-0.4, -0.2) is 25.7 Å².